The van der Waals surface area contributed by atoms with Gasteiger partial charge in [-0.3, -0.25) is 4.79 Å². The molecule has 0 radical (unpaired) electrons. The number of nitrogens with zero attached hydrogens (tertiary/aromatic N) is 1. The van der Waals surface area contributed by atoms with Crippen LogP contribution in [0.1, 0.15) is 24.4 Å². The molecule has 0 saturated carbocycles. The van der Waals surface area contributed by atoms with Crippen molar-refractivity contribution in [2.45, 2.75) is 18.9 Å². The van der Waals surface area contributed by atoms with Crippen LogP contribution in [0.4, 0.5) is 8.78 Å². The molecule has 1 aromatic rings. The van der Waals surface area contributed by atoms with Crippen molar-refractivity contribution in [2.24, 2.45) is 11.1 Å². The van der Waals surface area contributed by atoms with Crippen LogP contribution in [0.15, 0.2) is 18.2 Å². The molecule has 9 heteroatoms. The molecule has 1 aromatic carbocycles. The van der Waals surface area contributed by atoms with E-state index >= 15 is 0 Å². The van der Waals surface area contributed by atoms with Crippen LogP contribution in [-0.2, 0) is 9.53 Å². The minimum atomic E-state index is -0.664. The van der Waals surface area contributed by atoms with E-state index in [1.165, 1.54) is 18.2 Å². The summed E-state index contributed by atoms with van der Waals surface area (Å²) in [6.07, 6.45) is 1.10. The van der Waals surface area contributed by atoms with E-state index in [0.717, 1.165) is 0 Å². The number of rotatable bonds is 6. The topological polar surface area (TPSA) is 67.6 Å². The first-order valence-corrected chi connectivity index (χ1v) is 8.08. The van der Waals surface area contributed by atoms with Crippen molar-refractivity contribution < 1.29 is 18.3 Å². The molecule has 1 aliphatic rings. The van der Waals surface area contributed by atoms with Crippen LogP contribution in [0, 0.1) is 17.0 Å². The minimum Gasteiger partial charge on any atom is -0.381 e. The van der Waals surface area contributed by atoms with E-state index in [0.29, 0.717) is 26.1 Å². The summed E-state index contributed by atoms with van der Waals surface area (Å²) in [5.74, 6) is -1.43. The monoisotopic (exact) mass is 413 g/mol. The average Bonchev–Trinajstić information content (AvgIpc) is 2.57. The van der Waals surface area contributed by atoms with E-state index in [9.17, 15) is 13.6 Å². The second kappa shape index (κ2) is 11.0. The maximum Gasteiger partial charge on any atom is 0.227 e. The van der Waals surface area contributed by atoms with Crippen molar-refractivity contribution >= 4 is 30.7 Å². The lowest BCUT2D eigenvalue weighted by atomic mass is 9.79. The number of halogens is 4. The molecular formula is C17H27Cl2F2N3O2. The number of nitrogens with one attached hydrogen (secondary N) is 1. The number of amides is 1. The van der Waals surface area contributed by atoms with Gasteiger partial charge in [-0.25, -0.2) is 8.78 Å². The van der Waals surface area contributed by atoms with Gasteiger partial charge in [0.1, 0.15) is 11.6 Å². The first-order valence-electron chi connectivity index (χ1n) is 8.08. The number of ether oxygens (including phenoxy) is 1. The van der Waals surface area contributed by atoms with Crippen molar-refractivity contribution in [3.8, 4) is 0 Å². The molecule has 3 N–H and O–H groups in total. The van der Waals surface area contributed by atoms with E-state index in [1.807, 2.05) is 0 Å². The summed E-state index contributed by atoms with van der Waals surface area (Å²) in [4.78, 5) is 14.3. The molecule has 0 spiro atoms. The Bertz CT molecular complexity index is 565. The summed E-state index contributed by atoms with van der Waals surface area (Å²) in [5.41, 5.74) is 5.11. The Kier molecular flexibility index (Phi) is 10.6. The van der Waals surface area contributed by atoms with Crippen LogP contribution in [0.5, 0.6) is 0 Å². The number of nitrogens with two attached hydrogens (primary N) is 1. The first-order chi connectivity index (χ1) is 11.4. The Morgan fingerprint density at radius 1 is 1.27 bits per heavy atom. The van der Waals surface area contributed by atoms with E-state index in [-0.39, 0.29) is 49.4 Å². The SMILES string of the molecule is CN(C)C(CNC(=O)C1(CN)CCOCC1)c1c(F)cccc1F.Cl.Cl. The van der Waals surface area contributed by atoms with E-state index in [2.05, 4.69) is 5.32 Å². The third-order valence-corrected chi connectivity index (χ3v) is 4.73. The fourth-order valence-electron chi connectivity index (χ4n) is 3.03. The Morgan fingerprint density at radius 3 is 2.27 bits per heavy atom. The molecule has 0 bridgehead atoms. The number of carbonyl (C=O) groups excluding carboxylic acids is 1. The second-order valence-corrected chi connectivity index (χ2v) is 6.42. The van der Waals surface area contributed by atoms with Crippen molar-refractivity contribution in [1.29, 1.82) is 0 Å². The van der Waals surface area contributed by atoms with Gasteiger partial charge in [0.15, 0.2) is 0 Å². The number of benzene rings is 1. The molecule has 1 saturated heterocycles. The minimum absolute atomic E-state index is 0. The highest BCUT2D eigenvalue weighted by Crippen LogP contribution is 2.30. The van der Waals surface area contributed by atoms with Crippen LogP contribution in [-0.4, -0.2) is 51.2 Å². The van der Waals surface area contributed by atoms with Gasteiger partial charge >= 0.3 is 0 Å². The van der Waals surface area contributed by atoms with E-state index < -0.39 is 23.1 Å². The van der Waals surface area contributed by atoms with Gasteiger partial charge < -0.3 is 20.7 Å². The zero-order valence-corrected chi connectivity index (χ0v) is 16.6. The summed E-state index contributed by atoms with van der Waals surface area (Å²) >= 11 is 0. The standard InChI is InChI=1S/C17H25F2N3O2.2ClH/c1-22(2)14(15-12(18)4-3-5-13(15)19)10-21-16(23)17(11-20)6-8-24-9-7-17;;/h3-5,14H,6-11,20H2,1-2H3,(H,21,23);2*1H. The molecule has 1 amide bonds. The maximum absolute atomic E-state index is 14.1. The summed E-state index contributed by atoms with van der Waals surface area (Å²) < 4.78 is 33.4. The lowest BCUT2D eigenvalue weighted by Gasteiger charge is -2.35. The highest BCUT2D eigenvalue weighted by molar-refractivity contribution is 5.85. The predicted molar refractivity (Wildman–Crippen MR) is 102 cm³/mol. The van der Waals surface area contributed by atoms with Crippen LogP contribution in [0.3, 0.4) is 0 Å². The van der Waals surface area contributed by atoms with Crippen LogP contribution < -0.4 is 11.1 Å². The van der Waals surface area contributed by atoms with E-state index in [4.69, 9.17) is 10.5 Å². The van der Waals surface area contributed by atoms with Crippen molar-refractivity contribution in [3.05, 3.63) is 35.4 Å². The number of hydrogen-bond acceptors (Lipinski definition) is 4. The van der Waals surface area contributed by atoms with Gasteiger partial charge in [0, 0.05) is 31.9 Å². The molecule has 5 nitrogen and oxygen atoms in total. The first kappa shape index (κ1) is 25.0. The fraction of sp³-hybridized carbons (Fsp3) is 0.588. The largest absolute Gasteiger partial charge is 0.381 e. The number of hydrogen-bond donors (Lipinski definition) is 2. The molecule has 1 unspecified atom stereocenters. The highest BCUT2D eigenvalue weighted by atomic mass is 35.5. The Balaban J connectivity index is 0.00000312. The summed E-state index contributed by atoms with van der Waals surface area (Å²) in [7, 11) is 3.44. The third kappa shape index (κ3) is 5.50. The summed E-state index contributed by atoms with van der Waals surface area (Å²) in [6.45, 7) is 1.31. The third-order valence-electron chi connectivity index (χ3n) is 4.73. The molecule has 1 atom stereocenters. The van der Waals surface area contributed by atoms with E-state index in [1.54, 1.807) is 19.0 Å². The van der Waals surface area contributed by atoms with Crippen LogP contribution in [0.2, 0.25) is 0 Å². The quantitative estimate of drug-likeness (QED) is 0.750. The van der Waals surface area contributed by atoms with Crippen molar-refractivity contribution in [1.82, 2.24) is 10.2 Å². The van der Waals surface area contributed by atoms with Gasteiger partial charge in [-0.1, -0.05) is 6.07 Å². The molecule has 0 aromatic heterocycles. The molecule has 26 heavy (non-hydrogen) atoms. The van der Waals surface area contributed by atoms with Crippen LogP contribution in [0.25, 0.3) is 0 Å². The summed E-state index contributed by atoms with van der Waals surface area (Å²) in [5, 5.41) is 2.83. The highest BCUT2D eigenvalue weighted by Gasteiger charge is 2.39. The molecule has 1 fully saturated rings. The Labute approximate surface area is 165 Å². The summed E-state index contributed by atoms with van der Waals surface area (Å²) in [6, 6.07) is 3.16. The smallest absolute Gasteiger partial charge is 0.227 e. The van der Waals surface area contributed by atoms with Gasteiger partial charge in [0.2, 0.25) is 5.91 Å². The molecule has 0 aliphatic carbocycles. The molecule has 150 valence electrons. The molecule has 2 rings (SSSR count). The second-order valence-electron chi connectivity index (χ2n) is 6.42. The van der Waals surface area contributed by atoms with Gasteiger partial charge in [-0.05, 0) is 39.1 Å². The zero-order chi connectivity index (χ0) is 17.7. The Morgan fingerprint density at radius 2 is 1.81 bits per heavy atom. The zero-order valence-electron chi connectivity index (χ0n) is 15.0. The molecule has 1 aliphatic heterocycles. The van der Waals surface area contributed by atoms with Gasteiger partial charge in [0.25, 0.3) is 0 Å². The molecular weight excluding hydrogens is 387 g/mol. The predicted octanol–water partition coefficient (Wildman–Crippen LogP) is 2.28. The average molecular weight is 414 g/mol. The molecule has 1 heterocycles. The van der Waals surface area contributed by atoms with Crippen molar-refractivity contribution in [2.75, 3.05) is 40.4 Å². The number of likely N-dealkylation sites (N-methyl/N-ethyl adjacent to an activating group) is 1. The van der Waals surface area contributed by atoms with Gasteiger partial charge in [-0.15, -0.1) is 24.8 Å². The van der Waals surface area contributed by atoms with Crippen LogP contribution >= 0.6 is 24.8 Å². The lowest BCUT2D eigenvalue weighted by Crippen LogP contribution is -2.50. The lowest BCUT2D eigenvalue weighted by molar-refractivity contribution is -0.136. The Hall–Kier alpha value is -0.990. The fourth-order valence-corrected chi connectivity index (χ4v) is 3.03. The number of carbonyl (C=O) groups is 1. The van der Waals surface area contributed by atoms with Gasteiger partial charge in [0.05, 0.1) is 11.5 Å². The maximum atomic E-state index is 14.1. The van der Waals surface area contributed by atoms with Gasteiger partial charge in [-0.2, -0.15) is 0 Å². The normalized spacial score (nSPS) is 17.0. The van der Waals surface area contributed by atoms with Crippen molar-refractivity contribution in [3.63, 3.8) is 0 Å².